The number of nitrogens with zero attached hydrogens (tertiary/aromatic N) is 3. The van der Waals surface area contributed by atoms with E-state index in [2.05, 4.69) is 103 Å². The van der Waals surface area contributed by atoms with Gasteiger partial charge in [0.25, 0.3) is 0 Å². The number of para-hydroxylation sites is 1. The van der Waals surface area contributed by atoms with Crippen LogP contribution in [0.3, 0.4) is 0 Å². The number of benzene rings is 7. The van der Waals surface area contributed by atoms with Gasteiger partial charge in [-0.2, -0.15) is 0 Å². The Morgan fingerprint density at radius 1 is 0.435 bits per heavy atom. The zero-order valence-electron chi connectivity index (χ0n) is 24.4. The van der Waals surface area contributed by atoms with Crippen LogP contribution < -0.4 is 0 Å². The maximum absolute atomic E-state index is 6.26. The fourth-order valence-corrected chi connectivity index (χ4v) is 9.38. The third kappa shape index (κ3) is 3.89. The Labute approximate surface area is 269 Å². The van der Waals surface area contributed by atoms with Crippen molar-refractivity contribution in [3.63, 3.8) is 0 Å². The molecule has 0 saturated heterocycles. The number of rotatable bonds is 3. The van der Waals surface area contributed by atoms with Crippen LogP contribution in [-0.4, -0.2) is 29.5 Å². The van der Waals surface area contributed by atoms with Gasteiger partial charge < -0.3 is 0 Å². The van der Waals surface area contributed by atoms with Crippen molar-refractivity contribution in [3.8, 4) is 34.2 Å². The Morgan fingerprint density at radius 2 is 1.11 bits per heavy atom. The van der Waals surface area contributed by atoms with Gasteiger partial charge in [-0.1, -0.05) is 18.2 Å². The number of hydrogen-bond donors (Lipinski definition) is 0. The van der Waals surface area contributed by atoms with Crippen molar-refractivity contribution in [2.24, 2.45) is 0 Å². The van der Waals surface area contributed by atoms with Gasteiger partial charge in [-0.15, -0.1) is 0 Å². The van der Waals surface area contributed by atoms with Crippen LogP contribution in [0.1, 0.15) is 0 Å². The molecule has 0 unspecified atom stereocenters. The third-order valence-electron chi connectivity index (χ3n) is 8.91. The summed E-state index contributed by atoms with van der Waals surface area (Å²) < 4.78 is 9.10. The van der Waals surface area contributed by atoms with Crippen LogP contribution in [0.15, 0.2) is 144 Å². The first-order valence-corrected chi connectivity index (χ1v) is 17.0. The van der Waals surface area contributed by atoms with E-state index in [0.717, 1.165) is 44.0 Å². The summed E-state index contributed by atoms with van der Waals surface area (Å²) in [6, 6.07) is 48.9. The normalized spacial score (nSPS) is 11.9. The molecule has 0 amide bonds. The minimum atomic E-state index is 0.203. The first-order chi connectivity index (χ1) is 22.8. The summed E-state index contributed by atoms with van der Waals surface area (Å²) in [7, 11) is 0. The molecule has 0 radical (unpaired) electrons. The second-order valence-electron chi connectivity index (χ2n) is 11.6. The molecule has 10 rings (SSSR count). The van der Waals surface area contributed by atoms with Crippen LogP contribution >= 0.6 is 0 Å². The fourth-order valence-electron chi connectivity index (χ4n) is 6.75. The van der Waals surface area contributed by atoms with Gasteiger partial charge in [0, 0.05) is 0 Å². The summed E-state index contributed by atoms with van der Waals surface area (Å²) in [4.78, 5) is 15.4. The summed E-state index contributed by atoms with van der Waals surface area (Å²) >= 11 is 0.203. The van der Waals surface area contributed by atoms with Crippen LogP contribution in [0.4, 0.5) is 0 Å². The molecule has 0 N–H and O–H groups in total. The molecular formula is C41H23N3OSe. The molecule has 5 heteroatoms. The van der Waals surface area contributed by atoms with Crippen molar-refractivity contribution >= 4 is 77.3 Å². The second kappa shape index (κ2) is 9.95. The predicted octanol–water partition coefficient (Wildman–Crippen LogP) is 10.4. The molecule has 0 spiro atoms. The Hall–Kier alpha value is -5.61. The van der Waals surface area contributed by atoms with E-state index in [0.29, 0.717) is 17.5 Å². The van der Waals surface area contributed by atoms with Crippen molar-refractivity contribution in [1.29, 1.82) is 0 Å². The quantitative estimate of drug-likeness (QED) is 0.141. The molecular weight excluding hydrogens is 629 g/mol. The minimum absolute atomic E-state index is 0.203. The van der Waals surface area contributed by atoms with Gasteiger partial charge in [0.05, 0.1) is 0 Å². The van der Waals surface area contributed by atoms with E-state index in [4.69, 9.17) is 19.4 Å². The van der Waals surface area contributed by atoms with Gasteiger partial charge in [-0.05, 0) is 6.07 Å². The van der Waals surface area contributed by atoms with Gasteiger partial charge in [0.1, 0.15) is 0 Å². The molecule has 4 nitrogen and oxygen atoms in total. The average Bonchev–Trinajstić information content (AvgIpc) is 3.69. The van der Waals surface area contributed by atoms with E-state index in [1.165, 1.54) is 35.5 Å². The molecule has 46 heavy (non-hydrogen) atoms. The van der Waals surface area contributed by atoms with Gasteiger partial charge in [0.15, 0.2) is 0 Å². The van der Waals surface area contributed by atoms with E-state index in [-0.39, 0.29) is 14.5 Å². The maximum atomic E-state index is 6.26. The molecule has 0 aliphatic heterocycles. The third-order valence-corrected chi connectivity index (χ3v) is 11.4. The molecule has 0 bridgehead atoms. The number of aromatic nitrogens is 3. The van der Waals surface area contributed by atoms with Gasteiger partial charge in [-0.3, -0.25) is 0 Å². The molecule has 0 aliphatic rings. The predicted molar refractivity (Wildman–Crippen MR) is 190 cm³/mol. The average molecular weight is 653 g/mol. The Bertz CT molecular complexity index is 2820. The van der Waals surface area contributed by atoms with E-state index in [1.807, 2.05) is 36.4 Å². The summed E-state index contributed by atoms with van der Waals surface area (Å²) in [6.45, 7) is 0. The van der Waals surface area contributed by atoms with Crippen molar-refractivity contribution in [1.82, 2.24) is 15.0 Å². The van der Waals surface area contributed by atoms with E-state index in [1.54, 1.807) is 0 Å². The van der Waals surface area contributed by atoms with Gasteiger partial charge >= 0.3 is 246 Å². The first-order valence-electron chi connectivity index (χ1n) is 15.3. The zero-order valence-corrected chi connectivity index (χ0v) is 26.2. The summed E-state index contributed by atoms with van der Waals surface area (Å²) in [5.74, 6) is 1.92. The molecule has 0 atom stereocenters. The number of furan rings is 1. The van der Waals surface area contributed by atoms with E-state index < -0.39 is 0 Å². The fraction of sp³-hybridized carbons (Fsp3) is 0. The van der Waals surface area contributed by atoms with Crippen molar-refractivity contribution in [3.05, 3.63) is 140 Å². The molecule has 7 aromatic carbocycles. The Kier molecular flexibility index (Phi) is 5.56. The van der Waals surface area contributed by atoms with Crippen molar-refractivity contribution in [2.75, 3.05) is 0 Å². The first kappa shape index (κ1) is 25.7. The van der Waals surface area contributed by atoms with Crippen LogP contribution in [-0.2, 0) is 0 Å². The summed E-state index contributed by atoms with van der Waals surface area (Å²) in [6.07, 6.45) is 0. The molecule has 0 saturated carbocycles. The zero-order chi connectivity index (χ0) is 30.2. The van der Waals surface area contributed by atoms with E-state index >= 15 is 0 Å². The molecule has 0 aliphatic carbocycles. The van der Waals surface area contributed by atoms with Crippen LogP contribution in [0.25, 0.3) is 96.9 Å². The molecule has 3 aromatic heterocycles. The van der Waals surface area contributed by atoms with Crippen LogP contribution in [0.2, 0.25) is 0 Å². The molecule has 10 aromatic rings. The summed E-state index contributed by atoms with van der Waals surface area (Å²) in [5, 5.41) is 9.73. The topological polar surface area (TPSA) is 51.8 Å². The standard InChI is InChI=1S/C41H23N3OSe/c1-2-11-25(12-3-1)39-42-40(26-19-20-29-28-14-6-8-16-34(28)45-35(29)22-26)44-41(43-39)33-23-32-30-15-7-9-17-36(30)46-38(32)37-27-13-5-4-10-24(27)18-21-31(33)37/h1-23H. The summed E-state index contributed by atoms with van der Waals surface area (Å²) in [5.41, 5.74) is 4.53. The number of hydrogen-bond acceptors (Lipinski definition) is 4. The number of fused-ring (bicyclic) bond motifs is 10. The Morgan fingerprint density at radius 3 is 2.00 bits per heavy atom. The van der Waals surface area contributed by atoms with E-state index in [9.17, 15) is 0 Å². The van der Waals surface area contributed by atoms with Crippen LogP contribution in [0.5, 0.6) is 0 Å². The van der Waals surface area contributed by atoms with Crippen molar-refractivity contribution in [2.45, 2.75) is 0 Å². The SMILES string of the molecule is c1ccc(-c2nc(-c3ccc4c(c3)oc3ccccc34)nc(-c3cc4c5ccccc5[se]c4c4c3ccc3ccccc34)n2)cc1. The van der Waals surface area contributed by atoms with Gasteiger partial charge in [0.2, 0.25) is 0 Å². The molecule has 214 valence electrons. The van der Waals surface area contributed by atoms with Crippen molar-refractivity contribution < 1.29 is 4.42 Å². The van der Waals surface area contributed by atoms with Gasteiger partial charge in [-0.25, -0.2) is 0 Å². The molecule has 3 heterocycles. The van der Waals surface area contributed by atoms with Crippen LogP contribution in [0, 0.1) is 0 Å². The Balaban J connectivity index is 1.29. The molecule has 0 fully saturated rings. The monoisotopic (exact) mass is 653 g/mol. The second-order valence-corrected chi connectivity index (χ2v) is 13.8.